The summed E-state index contributed by atoms with van der Waals surface area (Å²) in [6.45, 7) is 1.60. The fraction of sp³-hybridized carbons (Fsp3) is 0.500. The highest BCUT2D eigenvalue weighted by molar-refractivity contribution is 5.91. The van der Waals surface area contributed by atoms with Crippen LogP contribution in [-0.2, 0) is 14.3 Å². The second-order valence-corrected chi connectivity index (χ2v) is 5.43. The molecule has 1 saturated heterocycles. The lowest BCUT2D eigenvalue weighted by molar-refractivity contribution is -0.124. The molecule has 0 spiro atoms. The summed E-state index contributed by atoms with van der Waals surface area (Å²) < 4.78 is 5.26. The summed E-state index contributed by atoms with van der Waals surface area (Å²) in [4.78, 5) is 23.7. The minimum Gasteiger partial charge on any atom is -0.381 e. The molecule has 0 aliphatic carbocycles. The fourth-order valence-electron chi connectivity index (χ4n) is 2.45. The van der Waals surface area contributed by atoms with Crippen LogP contribution in [0.4, 0.5) is 5.69 Å². The number of nitrogens with one attached hydrogen (secondary N) is 2. The number of amides is 2. The van der Waals surface area contributed by atoms with Crippen molar-refractivity contribution in [3.05, 3.63) is 30.3 Å². The highest BCUT2D eigenvalue weighted by atomic mass is 16.5. The average molecular weight is 305 g/mol. The van der Waals surface area contributed by atoms with Crippen LogP contribution < -0.4 is 16.4 Å². The van der Waals surface area contributed by atoms with Crippen LogP contribution >= 0.6 is 0 Å². The first-order valence-corrected chi connectivity index (χ1v) is 7.63. The van der Waals surface area contributed by atoms with Crippen molar-refractivity contribution in [2.24, 2.45) is 11.7 Å². The molecule has 1 aliphatic rings. The van der Waals surface area contributed by atoms with Crippen molar-refractivity contribution >= 4 is 17.5 Å². The molecule has 1 unspecified atom stereocenters. The molecule has 22 heavy (non-hydrogen) atoms. The number of hydrogen-bond donors (Lipinski definition) is 3. The van der Waals surface area contributed by atoms with Crippen LogP contribution in [0.15, 0.2) is 30.3 Å². The Morgan fingerprint density at radius 3 is 2.59 bits per heavy atom. The Kier molecular flexibility index (Phi) is 6.36. The number of nitrogens with two attached hydrogens (primary N) is 1. The smallest absolute Gasteiger partial charge is 0.237 e. The first-order chi connectivity index (χ1) is 10.7. The summed E-state index contributed by atoms with van der Waals surface area (Å²) >= 11 is 0. The molecular weight excluding hydrogens is 282 g/mol. The maximum absolute atomic E-state index is 12.0. The summed E-state index contributed by atoms with van der Waals surface area (Å²) in [5.74, 6) is -0.169. The van der Waals surface area contributed by atoms with Crippen LogP contribution in [0, 0.1) is 5.92 Å². The molecule has 2 rings (SSSR count). The van der Waals surface area contributed by atoms with Gasteiger partial charge in [0.2, 0.25) is 11.8 Å². The first-order valence-electron chi connectivity index (χ1n) is 7.63. The highest BCUT2D eigenvalue weighted by Crippen LogP contribution is 2.17. The maximum atomic E-state index is 12.0. The van der Waals surface area contributed by atoms with Gasteiger partial charge in [0.25, 0.3) is 0 Å². The van der Waals surface area contributed by atoms with Gasteiger partial charge in [-0.2, -0.15) is 0 Å². The first kappa shape index (κ1) is 16.5. The quantitative estimate of drug-likeness (QED) is 0.727. The second kappa shape index (κ2) is 8.51. The molecule has 4 N–H and O–H groups in total. The molecule has 0 bridgehead atoms. The number of benzene rings is 1. The summed E-state index contributed by atoms with van der Waals surface area (Å²) in [6, 6.07) is 8.69. The zero-order chi connectivity index (χ0) is 15.8. The van der Waals surface area contributed by atoms with Gasteiger partial charge in [0.05, 0.1) is 6.04 Å². The predicted octanol–water partition coefficient (Wildman–Crippen LogP) is 0.885. The van der Waals surface area contributed by atoms with Crippen LogP contribution in [0.5, 0.6) is 0 Å². The van der Waals surface area contributed by atoms with Crippen molar-refractivity contribution in [1.82, 2.24) is 5.32 Å². The fourth-order valence-corrected chi connectivity index (χ4v) is 2.45. The Balaban J connectivity index is 1.66. The van der Waals surface area contributed by atoms with E-state index in [1.165, 1.54) is 0 Å². The Labute approximate surface area is 130 Å². The predicted molar refractivity (Wildman–Crippen MR) is 84.2 cm³/mol. The van der Waals surface area contributed by atoms with Gasteiger partial charge in [0, 0.05) is 31.9 Å². The molecule has 2 amide bonds. The van der Waals surface area contributed by atoms with Gasteiger partial charge in [0.15, 0.2) is 0 Å². The molecule has 0 saturated carbocycles. The molecule has 1 aromatic rings. The van der Waals surface area contributed by atoms with Gasteiger partial charge >= 0.3 is 0 Å². The Morgan fingerprint density at radius 2 is 1.91 bits per heavy atom. The van der Waals surface area contributed by atoms with Crippen LogP contribution in [0.2, 0.25) is 0 Å². The molecule has 6 heteroatoms. The van der Waals surface area contributed by atoms with Crippen molar-refractivity contribution in [3.8, 4) is 0 Å². The molecule has 1 heterocycles. The van der Waals surface area contributed by atoms with Crippen LogP contribution in [0.3, 0.4) is 0 Å². The topological polar surface area (TPSA) is 93.5 Å². The maximum Gasteiger partial charge on any atom is 0.237 e. The van der Waals surface area contributed by atoms with Crippen LogP contribution in [-0.4, -0.2) is 37.6 Å². The van der Waals surface area contributed by atoms with Gasteiger partial charge < -0.3 is 21.1 Å². The standard InChI is InChI=1S/C16H23N3O3/c17-15(12-7-10-22-11-8-12)16(21)18-9-6-14(20)19-13-4-2-1-3-5-13/h1-5,12,15H,6-11,17H2,(H,18,21)(H,19,20). The molecule has 120 valence electrons. The largest absolute Gasteiger partial charge is 0.381 e. The van der Waals surface area contributed by atoms with Crippen molar-refractivity contribution in [2.75, 3.05) is 25.1 Å². The van der Waals surface area contributed by atoms with Crippen molar-refractivity contribution in [2.45, 2.75) is 25.3 Å². The van der Waals surface area contributed by atoms with Crippen LogP contribution in [0.1, 0.15) is 19.3 Å². The van der Waals surface area contributed by atoms with E-state index in [-0.39, 0.29) is 30.7 Å². The minimum absolute atomic E-state index is 0.133. The molecule has 1 aromatic carbocycles. The highest BCUT2D eigenvalue weighted by Gasteiger charge is 2.26. The normalized spacial score (nSPS) is 16.8. The lowest BCUT2D eigenvalue weighted by Gasteiger charge is -2.26. The Bertz CT molecular complexity index is 487. The van der Waals surface area contributed by atoms with Gasteiger partial charge in [-0.15, -0.1) is 0 Å². The third kappa shape index (κ3) is 5.13. The van der Waals surface area contributed by atoms with E-state index in [0.29, 0.717) is 13.2 Å². The van der Waals surface area contributed by atoms with Gasteiger partial charge in [-0.25, -0.2) is 0 Å². The van der Waals surface area contributed by atoms with E-state index < -0.39 is 6.04 Å². The van der Waals surface area contributed by atoms with Gasteiger partial charge in [-0.05, 0) is 30.9 Å². The number of rotatable bonds is 6. The van der Waals surface area contributed by atoms with Gasteiger partial charge in [0.1, 0.15) is 0 Å². The average Bonchev–Trinajstić information content (AvgIpc) is 2.55. The molecule has 6 nitrogen and oxygen atoms in total. The second-order valence-electron chi connectivity index (χ2n) is 5.43. The Morgan fingerprint density at radius 1 is 1.23 bits per heavy atom. The number of carbonyl (C=O) groups is 2. The van der Waals surface area contributed by atoms with Gasteiger partial charge in [-0.1, -0.05) is 18.2 Å². The third-order valence-electron chi connectivity index (χ3n) is 3.79. The lowest BCUT2D eigenvalue weighted by Crippen LogP contribution is -2.47. The van der Waals surface area contributed by atoms with E-state index in [9.17, 15) is 9.59 Å². The summed E-state index contributed by atoms with van der Waals surface area (Å²) in [6.07, 6.45) is 1.84. The van der Waals surface area contributed by atoms with E-state index in [1.807, 2.05) is 30.3 Å². The van der Waals surface area contributed by atoms with Crippen LogP contribution in [0.25, 0.3) is 0 Å². The molecule has 1 aliphatic heterocycles. The van der Waals surface area contributed by atoms with E-state index in [0.717, 1.165) is 18.5 Å². The molecule has 0 radical (unpaired) electrons. The number of hydrogen-bond acceptors (Lipinski definition) is 4. The molecule has 1 atom stereocenters. The molecular formula is C16H23N3O3. The van der Waals surface area contributed by atoms with Crippen molar-refractivity contribution < 1.29 is 14.3 Å². The monoisotopic (exact) mass is 305 g/mol. The summed E-state index contributed by atoms with van der Waals surface area (Å²) in [5, 5.41) is 5.50. The summed E-state index contributed by atoms with van der Waals surface area (Å²) in [7, 11) is 0. The number of carbonyl (C=O) groups excluding carboxylic acids is 2. The zero-order valence-electron chi connectivity index (χ0n) is 12.6. The zero-order valence-corrected chi connectivity index (χ0v) is 12.6. The van der Waals surface area contributed by atoms with E-state index in [4.69, 9.17) is 10.5 Å². The van der Waals surface area contributed by atoms with Gasteiger partial charge in [-0.3, -0.25) is 9.59 Å². The number of ether oxygens (including phenoxy) is 1. The van der Waals surface area contributed by atoms with E-state index in [2.05, 4.69) is 10.6 Å². The lowest BCUT2D eigenvalue weighted by atomic mass is 9.92. The Hall–Kier alpha value is -1.92. The summed E-state index contributed by atoms with van der Waals surface area (Å²) in [5.41, 5.74) is 6.71. The molecule has 0 aromatic heterocycles. The number of anilines is 1. The van der Waals surface area contributed by atoms with E-state index in [1.54, 1.807) is 0 Å². The minimum atomic E-state index is -0.527. The van der Waals surface area contributed by atoms with Crippen molar-refractivity contribution in [1.29, 1.82) is 0 Å². The molecule has 1 fully saturated rings. The number of para-hydroxylation sites is 1. The van der Waals surface area contributed by atoms with E-state index >= 15 is 0 Å². The van der Waals surface area contributed by atoms with Crippen molar-refractivity contribution in [3.63, 3.8) is 0 Å². The SMILES string of the molecule is NC(C(=O)NCCC(=O)Nc1ccccc1)C1CCOCC1. The third-order valence-corrected chi connectivity index (χ3v) is 3.79.